The van der Waals surface area contributed by atoms with Crippen LogP contribution < -0.4 is 62.7 Å². The molecule has 0 fully saturated rings. The van der Waals surface area contributed by atoms with E-state index in [1.807, 2.05) is 0 Å². The fourth-order valence-corrected chi connectivity index (χ4v) is 0. The third-order valence-corrected chi connectivity index (χ3v) is 0. The average molecular weight is 409 g/mol. The quantitative estimate of drug-likeness (QED) is 0.365. The monoisotopic (exact) mass is 409 g/mol. The van der Waals surface area contributed by atoms with Crippen LogP contribution in [0.15, 0.2) is 0 Å². The van der Waals surface area contributed by atoms with Crippen LogP contribution in [0.4, 0.5) is 0 Å². The molecule has 9 heavy (non-hydrogen) atoms. The molecule has 0 amide bonds. The van der Waals surface area contributed by atoms with Crippen LogP contribution in [0.2, 0.25) is 0 Å². The predicted molar refractivity (Wildman–Crippen MR) is 0 cm³/mol. The second-order valence-corrected chi connectivity index (χ2v) is 2.54. The van der Waals surface area contributed by atoms with Crippen LogP contribution in [0.25, 0.3) is 0 Å². The second-order valence-electron chi connectivity index (χ2n) is 0.378. The first-order chi connectivity index (χ1) is 3.46. The van der Waals surface area contributed by atoms with E-state index in [4.69, 9.17) is 20.6 Å². The fourth-order valence-electron chi connectivity index (χ4n) is 0. The van der Waals surface area contributed by atoms with Crippen LogP contribution in [0.3, 0.4) is 0 Å². The van der Waals surface area contributed by atoms with Crippen molar-refractivity contribution >= 4 is 0 Å². The van der Waals surface area contributed by atoms with Crippen molar-refractivity contribution < 1.29 is 79.5 Å². The summed E-state index contributed by atoms with van der Waals surface area (Å²) in [6.45, 7) is 0. The van der Waals surface area contributed by atoms with Gasteiger partial charge in [-0.15, -0.1) is 0 Å². The number of rotatable bonds is 0. The number of hydrogen-bond acceptors (Lipinski definition) is 6. The Kier molecular flexibility index (Phi) is 23.4. The molecule has 0 atom stereocenters. The van der Waals surface area contributed by atoms with Gasteiger partial charge in [0.1, 0.15) is 0 Å². The summed E-state index contributed by atoms with van der Waals surface area (Å²) in [6, 6.07) is 0. The summed E-state index contributed by atoms with van der Waals surface area (Å²) in [7, 11) is 0. The topological polar surface area (TPSA) is 138 Å². The molecule has 6 nitrogen and oxygen atoms in total. The Hall–Kier alpha value is 1.73. The van der Waals surface area contributed by atoms with Gasteiger partial charge in [0.2, 0.25) is 0 Å². The smallest absolute Gasteiger partial charge is 0.427 e. The van der Waals surface area contributed by atoms with E-state index in [1.165, 1.54) is 0 Å². The summed E-state index contributed by atoms with van der Waals surface area (Å²) in [5.74, 6) is 0. The zero-order valence-electron chi connectivity index (χ0n) is 3.54. The molecule has 0 aromatic rings. The van der Waals surface area contributed by atoms with Crippen LogP contribution in [0, 0.1) is 0 Å². The summed E-state index contributed by atoms with van der Waals surface area (Å²) in [4.78, 5) is 0. The molecule has 0 aromatic carbocycles. The number of hydrogen-bond donors (Lipinski definition) is 0. The van der Waals surface area contributed by atoms with Gasteiger partial charge in [0.25, 0.3) is 42.1 Å². The van der Waals surface area contributed by atoms with Crippen LogP contribution >= 0.6 is 0 Å². The van der Waals surface area contributed by atoms with Gasteiger partial charge in [-0.05, 0) is 0 Å². The van der Waals surface area contributed by atoms with E-state index in [-0.39, 0.29) is 16.8 Å². The third kappa shape index (κ3) is 195. The first-order valence-corrected chi connectivity index (χ1v) is 6.21. The van der Waals surface area contributed by atoms with Gasteiger partial charge in [-0.2, -0.15) is 0 Å². The molecule has 0 saturated carbocycles. The Labute approximate surface area is 78.8 Å². The van der Waals surface area contributed by atoms with Crippen molar-refractivity contribution in [1.29, 1.82) is 0 Å². The van der Waals surface area contributed by atoms with E-state index >= 15 is 0 Å². The van der Waals surface area contributed by atoms with Crippen molar-refractivity contribution in [3.8, 4) is 0 Å². The van der Waals surface area contributed by atoms with Gasteiger partial charge in [0.15, 0.2) is 0 Å². The minimum absolute atomic E-state index is 0. The van der Waals surface area contributed by atoms with Crippen molar-refractivity contribution in [2.45, 2.75) is 0 Å². The molecule has 59 valence electrons. The van der Waals surface area contributed by atoms with Gasteiger partial charge in [-0.25, -0.2) is 0 Å². The van der Waals surface area contributed by atoms with E-state index < -0.39 is 42.1 Å². The predicted octanol–water partition coefficient (Wildman–Crippen LogP) is -13.1. The Balaban J connectivity index is -0.0000000720. The molecule has 0 saturated heterocycles. The normalized spacial score (nSPS) is 8.00. The molecule has 0 rings (SSSR count). The minimum atomic E-state index is -4.01. The Morgan fingerprint density at radius 3 is 0.556 bits per heavy atom. The fraction of sp³-hybridized carbons (Fsp3) is 0. The average Bonchev–Trinajstić information content (AvgIpc) is 1.25. The zero-order valence-corrected chi connectivity index (χ0v) is 8.89. The van der Waals surface area contributed by atoms with Gasteiger partial charge in [-0.1, -0.05) is 0 Å². The summed E-state index contributed by atoms with van der Waals surface area (Å²) in [5.41, 5.74) is 0. The molecular weight excluding hydrogens is 409 g/mol. The van der Waals surface area contributed by atoms with E-state index in [9.17, 15) is 0 Å². The number of halogens is 2. The summed E-state index contributed by atoms with van der Waals surface area (Å²) >= 11 is -8.03. The molecule has 1 radical (unpaired) electrons. The van der Waals surface area contributed by atoms with Crippen molar-refractivity contribution in [2.75, 3.05) is 0 Å². The van der Waals surface area contributed by atoms with E-state index in [1.54, 1.807) is 0 Å². The molecular formula is CoI2O6. The largest absolute Gasteiger partial charge is 2.00 e. The van der Waals surface area contributed by atoms with E-state index in [2.05, 4.69) is 0 Å². The van der Waals surface area contributed by atoms with E-state index in [0.717, 1.165) is 0 Å². The SMILES string of the molecule is [Co+2].[O-][I+2]([O-])[O-].[O-][I+2]([O-])[O-]. The first kappa shape index (κ1) is 17.0. The molecule has 0 spiro atoms. The standard InChI is InChI=1S/Co.2IO3/c;2*2-1(3)4/q+2;2*-1. The van der Waals surface area contributed by atoms with Crippen molar-refractivity contribution in [1.82, 2.24) is 0 Å². The third-order valence-electron chi connectivity index (χ3n) is 0. The minimum Gasteiger partial charge on any atom is -0.427 e. The van der Waals surface area contributed by atoms with E-state index in [0.29, 0.717) is 0 Å². The van der Waals surface area contributed by atoms with Gasteiger partial charge in [0, 0.05) is 0 Å². The maximum Gasteiger partial charge on any atom is 2.00 e. The molecule has 0 aliphatic heterocycles. The molecule has 9 heteroatoms. The molecule has 0 unspecified atom stereocenters. The van der Waals surface area contributed by atoms with Gasteiger partial charge in [0.05, 0.1) is 0 Å². The van der Waals surface area contributed by atoms with Crippen LogP contribution in [0.1, 0.15) is 0 Å². The van der Waals surface area contributed by atoms with Crippen LogP contribution in [-0.2, 0) is 16.8 Å². The Morgan fingerprint density at radius 1 is 0.556 bits per heavy atom. The summed E-state index contributed by atoms with van der Waals surface area (Å²) in [6.07, 6.45) is 0. The first-order valence-electron chi connectivity index (χ1n) is 0.926. The maximum atomic E-state index is 8.57. The van der Waals surface area contributed by atoms with Gasteiger partial charge < -0.3 is 20.6 Å². The van der Waals surface area contributed by atoms with Crippen LogP contribution in [-0.4, -0.2) is 0 Å². The summed E-state index contributed by atoms with van der Waals surface area (Å²) in [5, 5.41) is 0. The van der Waals surface area contributed by atoms with Gasteiger partial charge in [-0.3, -0.25) is 0 Å². The zero-order chi connectivity index (χ0) is 7.15. The molecule has 0 aliphatic carbocycles. The maximum absolute atomic E-state index is 8.57. The van der Waals surface area contributed by atoms with Crippen molar-refractivity contribution in [2.24, 2.45) is 0 Å². The van der Waals surface area contributed by atoms with Crippen molar-refractivity contribution in [3.05, 3.63) is 0 Å². The second kappa shape index (κ2) is 12.4. The Bertz CT molecular complexity index is 26.5. The molecule has 0 aromatic heterocycles. The van der Waals surface area contributed by atoms with Crippen molar-refractivity contribution in [3.63, 3.8) is 0 Å². The molecule has 0 heterocycles. The summed E-state index contributed by atoms with van der Waals surface area (Å²) < 4.78 is 51.4. The molecule has 0 bridgehead atoms. The molecule has 0 aliphatic rings. The Morgan fingerprint density at radius 2 is 0.556 bits per heavy atom. The van der Waals surface area contributed by atoms with Crippen LogP contribution in [0.5, 0.6) is 0 Å². The molecule has 0 N–H and O–H groups in total. The van der Waals surface area contributed by atoms with Gasteiger partial charge >= 0.3 is 16.8 Å².